The summed E-state index contributed by atoms with van der Waals surface area (Å²) in [4.78, 5) is 26.1. The number of para-hydroxylation sites is 1. The van der Waals surface area contributed by atoms with Crippen molar-refractivity contribution >= 4 is 22.8 Å². The zero-order valence-electron chi connectivity index (χ0n) is 11.8. The second-order valence-electron chi connectivity index (χ2n) is 4.76. The molecule has 0 unspecified atom stereocenters. The minimum Gasteiger partial charge on any atom is -0.480 e. The molecule has 3 N–H and O–H groups in total. The molecule has 1 aromatic carbocycles. The first-order valence-electron chi connectivity index (χ1n) is 6.68. The first-order chi connectivity index (χ1) is 10.1. The van der Waals surface area contributed by atoms with E-state index in [4.69, 9.17) is 4.74 Å². The van der Waals surface area contributed by atoms with Gasteiger partial charge in [0.1, 0.15) is 6.04 Å². The van der Waals surface area contributed by atoms with E-state index in [2.05, 4.69) is 10.3 Å². The lowest BCUT2D eigenvalue weighted by Gasteiger charge is -2.14. The van der Waals surface area contributed by atoms with Gasteiger partial charge in [-0.25, -0.2) is 4.79 Å². The number of aromatic amines is 1. The fraction of sp³-hybridized carbons (Fsp3) is 0.333. The Balaban J connectivity index is 2.09. The van der Waals surface area contributed by atoms with Gasteiger partial charge in [0.15, 0.2) is 0 Å². The van der Waals surface area contributed by atoms with E-state index in [0.29, 0.717) is 0 Å². The first-order valence-corrected chi connectivity index (χ1v) is 6.68. The Morgan fingerprint density at radius 3 is 2.86 bits per heavy atom. The summed E-state index contributed by atoms with van der Waals surface area (Å²) >= 11 is 0. The van der Waals surface area contributed by atoms with Crippen molar-refractivity contribution in [1.82, 2.24) is 10.3 Å². The number of rotatable bonds is 7. The summed E-state index contributed by atoms with van der Waals surface area (Å²) in [6.07, 6.45) is 2.16. The van der Waals surface area contributed by atoms with Gasteiger partial charge in [-0.15, -0.1) is 0 Å². The van der Waals surface area contributed by atoms with Crippen molar-refractivity contribution in [2.75, 3.05) is 13.7 Å². The summed E-state index contributed by atoms with van der Waals surface area (Å²) < 4.78 is 4.80. The van der Waals surface area contributed by atoms with Crippen LogP contribution in [0.4, 0.5) is 0 Å². The number of carbonyl (C=O) groups excluding carboxylic acids is 1. The molecule has 2 rings (SSSR count). The van der Waals surface area contributed by atoms with Crippen LogP contribution in [0.2, 0.25) is 0 Å². The maximum Gasteiger partial charge on any atom is 0.326 e. The maximum absolute atomic E-state index is 11.6. The van der Waals surface area contributed by atoms with Crippen LogP contribution in [0, 0.1) is 0 Å². The second kappa shape index (κ2) is 6.90. The number of aliphatic carboxylic acids is 1. The van der Waals surface area contributed by atoms with E-state index in [-0.39, 0.29) is 25.4 Å². The minimum absolute atomic E-state index is 0.147. The molecule has 6 heteroatoms. The van der Waals surface area contributed by atoms with Gasteiger partial charge in [0.2, 0.25) is 5.91 Å². The van der Waals surface area contributed by atoms with E-state index in [0.717, 1.165) is 16.5 Å². The van der Waals surface area contributed by atoms with Gasteiger partial charge >= 0.3 is 5.97 Å². The largest absolute Gasteiger partial charge is 0.480 e. The van der Waals surface area contributed by atoms with Crippen molar-refractivity contribution in [3.8, 4) is 0 Å². The molecule has 0 spiro atoms. The SMILES string of the molecule is COCCC(=O)N[C@H](Cc1c[nH]c2ccccc12)C(=O)O. The molecule has 112 valence electrons. The Labute approximate surface area is 122 Å². The number of amides is 1. The summed E-state index contributed by atoms with van der Waals surface area (Å²) in [6, 6.07) is 6.70. The van der Waals surface area contributed by atoms with Crippen LogP contribution in [0.25, 0.3) is 10.9 Å². The minimum atomic E-state index is -1.05. The number of carboxylic acids is 1. The molecule has 1 atom stereocenters. The molecule has 21 heavy (non-hydrogen) atoms. The van der Waals surface area contributed by atoms with E-state index in [1.807, 2.05) is 24.3 Å². The van der Waals surface area contributed by atoms with E-state index < -0.39 is 12.0 Å². The van der Waals surface area contributed by atoms with Gasteiger partial charge in [-0.2, -0.15) is 0 Å². The van der Waals surface area contributed by atoms with Gasteiger partial charge in [-0.05, 0) is 11.6 Å². The number of hydrogen-bond acceptors (Lipinski definition) is 3. The van der Waals surface area contributed by atoms with Gasteiger partial charge in [-0.3, -0.25) is 4.79 Å². The van der Waals surface area contributed by atoms with Gasteiger partial charge in [0.05, 0.1) is 6.61 Å². The number of carboxylic acid groups (broad SMARTS) is 1. The lowest BCUT2D eigenvalue weighted by molar-refractivity contribution is -0.141. The molecule has 1 heterocycles. The van der Waals surface area contributed by atoms with Crippen LogP contribution in [0.5, 0.6) is 0 Å². The quantitative estimate of drug-likeness (QED) is 0.717. The second-order valence-corrected chi connectivity index (χ2v) is 4.76. The highest BCUT2D eigenvalue weighted by Crippen LogP contribution is 2.19. The molecule has 0 bridgehead atoms. The summed E-state index contributed by atoms with van der Waals surface area (Å²) in [5.74, 6) is -1.38. The molecule has 1 aromatic heterocycles. The van der Waals surface area contributed by atoms with Crippen LogP contribution >= 0.6 is 0 Å². The highest BCUT2D eigenvalue weighted by atomic mass is 16.5. The standard InChI is InChI=1S/C15H18N2O4/c1-21-7-6-14(18)17-13(15(19)20)8-10-9-16-12-5-3-2-4-11(10)12/h2-5,9,13,16H,6-8H2,1H3,(H,17,18)(H,19,20)/t13-/m1/s1. The first kappa shape index (κ1) is 15.1. The lowest BCUT2D eigenvalue weighted by atomic mass is 10.0. The van der Waals surface area contributed by atoms with Crippen molar-refractivity contribution < 1.29 is 19.4 Å². The normalized spacial score (nSPS) is 12.2. The van der Waals surface area contributed by atoms with E-state index in [9.17, 15) is 14.7 Å². The molecule has 0 aliphatic rings. The summed E-state index contributed by atoms with van der Waals surface area (Å²) in [7, 11) is 1.49. The van der Waals surface area contributed by atoms with E-state index >= 15 is 0 Å². The summed E-state index contributed by atoms with van der Waals surface area (Å²) in [6.45, 7) is 0.269. The Kier molecular flexibility index (Phi) is 4.94. The van der Waals surface area contributed by atoms with Crippen LogP contribution in [0.3, 0.4) is 0 Å². The molecule has 0 aliphatic carbocycles. The fourth-order valence-corrected chi connectivity index (χ4v) is 2.18. The zero-order valence-corrected chi connectivity index (χ0v) is 11.8. The molecule has 0 fully saturated rings. The number of hydrogen-bond donors (Lipinski definition) is 3. The Morgan fingerprint density at radius 2 is 2.14 bits per heavy atom. The molecular weight excluding hydrogens is 272 g/mol. The van der Waals surface area contributed by atoms with Gasteiger partial charge < -0.3 is 20.1 Å². The number of methoxy groups -OCH3 is 1. The summed E-state index contributed by atoms with van der Waals surface area (Å²) in [5, 5.41) is 12.8. The van der Waals surface area contributed by atoms with Crippen LogP contribution in [-0.2, 0) is 20.7 Å². The number of nitrogens with one attached hydrogen (secondary N) is 2. The molecular formula is C15H18N2O4. The molecule has 1 amide bonds. The Morgan fingerprint density at radius 1 is 1.38 bits per heavy atom. The molecule has 0 aliphatic heterocycles. The third-order valence-electron chi connectivity index (χ3n) is 3.27. The third kappa shape index (κ3) is 3.82. The monoisotopic (exact) mass is 290 g/mol. The van der Waals surface area contributed by atoms with Crippen LogP contribution < -0.4 is 5.32 Å². The van der Waals surface area contributed by atoms with Crippen molar-refractivity contribution in [1.29, 1.82) is 0 Å². The average Bonchev–Trinajstić information content (AvgIpc) is 2.87. The van der Waals surface area contributed by atoms with Gasteiger partial charge in [0, 0.05) is 37.1 Å². The fourth-order valence-electron chi connectivity index (χ4n) is 2.18. The molecule has 0 radical (unpaired) electrons. The third-order valence-corrected chi connectivity index (χ3v) is 3.27. The predicted octanol–water partition coefficient (Wildman–Crippen LogP) is 1.32. The number of H-pyrrole nitrogens is 1. The van der Waals surface area contributed by atoms with E-state index in [1.54, 1.807) is 6.20 Å². The van der Waals surface area contributed by atoms with Crippen molar-refractivity contribution in [2.45, 2.75) is 18.9 Å². The topological polar surface area (TPSA) is 91.4 Å². The number of benzene rings is 1. The predicted molar refractivity (Wildman–Crippen MR) is 78.1 cm³/mol. The van der Waals surface area contributed by atoms with Crippen LogP contribution in [-0.4, -0.2) is 41.7 Å². The number of aromatic nitrogens is 1. The van der Waals surface area contributed by atoms with Crippen molar-refractivity contribution in [2.24, 2.45) is 0 Å². The highest BCUT2D eigenvalue weighted by Gasteiger charge is 2.21. The number of ether oxygens (including phenoxy) is 1. The zero-order chi connectivity index (χ0) is 15.2. The average molecular weight is 290 g/mol. The number of carbonyl (C=O) groups is 2. The Hall–Kier alpha value is -2.34. The van der Waals surface area contributed by atoms with E-state index in [1.165, 1.54) is 7.11 Å². The van der Waals surface area contributed by atoms with Gasteiger partial charge in [-0.1, -0.05) is 18.2 Å². The van der Waals surface area contributed by atoms with Gasteiger partial charge in [0.25, 0.3) is 0 Å². The smallest absolute Gasteiger partial charge is 0.326 e. The van der Waals surface area contributed by atoms with Crippen LogP contribution in [0.15, 0.2) is 30.5 Å². The summed E-state index contributed by atoms with van der Waals surface area (Å²) in [5.41, 5.74) is 1.81. The lowest BCUT2D eigenvalue weighted by Crippen LogP contribution is -2.42. The maximum atomic E-state index is 11.6. The van der Waals surface area contributed by atoms with Crippen LogP contribution in [0.1, 0.15) is 12.0 Å². The molecule has 0 saturated carbocycles. The molecule has 0 saturated heterocycles. The molecule has 2 aromatic rings. The van der Waals surface area contributed by atoms with Crippen molar-refractivity contribution in [3.63, 3.8) is 0 Å². The van der Waals surface area contributed by atoms with Crippen molar-refractivity contribution in [3.05, 3.63) is 36.0 Å². The highest BCUT2D eigenvalue weighted by molar-refractivity contribution is 5.86. The Bertz CT molecular complexity index is 635. The molecule has 6 nitrogen and oxygen atoms in total. The number of fused-ring (bicyclic) bond motifs is 1.